The van der Waals surface area contributed by atoms with E-state index in [0.29, 0.717) is 17.8 Å². The molecule has 5 aromatic rings. The highest BCUT2D eigenvalue weighted by molar-refractivity contribution is 6.07. The molecule has 0 saturated heterocycles. The highest BCUT2D eigenvalue weighted by atomic mass is 19.1. The number of aromatic nitrogens is 4. The van der Waals surface area contributed by atoms with Gasteiger partial charge in [-0.15, -0.1) is 0 Å². The molecule has 0 aliphatic rings. The van der Waals surface area contributed by atoms with Crippen molar-refractivity contribution in [3.8, 4) is 22.5 Å². The molecule has 1 N–H and O–H groups in total. The molecular formula is C28H24FN5O. The highest BCUT2D eigenvalue weighted by Gasteiger charge is 2.17. The Bertz CT molecular complexity index is 1480. The molecule has 0 fully saturated rings. The van der Waals surface area contributed by atoms with Gasteiger partial charge in [-0.3, -0.25) is 14.9 Å². The van der Waals surface area contributed by atoms with Crippen molar-refractivity contribution in [3.05, 3.63) is 102 Å². The van der Waals surface area contributed by atoms with Crippen molar-refractivity contribution in [3.63, 3.8) is 0 Å². The van der Waals surface area contributed by atoms with Crippen LogP contribution in [0.4, 0.5) is 4.39 Å². The summed E-state index contributed by atoms with van der Waals surface area (Å²) in [5.41, 5.74) is 5.35. The van der Waals surface area contributed by atoms with Crippen LogP contribution >= 0.6 is 0 Å². The topological polar surface area (TPSA) is 74.8 Å². The van der Waals surface area contributed by atoms with Crippen molar-refractivity contribution < 1.29 is 9.18 Å². The maximum absolute atomic E-state index is 13.5. The molecule has 0 bridgehead atoms. The van der Waals surface area contributed by atoms with E-state index in [0.717, 1.165) is 46.3 Å². The quantitative estimate of drug-likeness (QED) is 0.343. The Morgan fingerprint density at radius 3 is 2.66 bits per heavy atom. The molecule has 5 rings (SSSR count). The summed E-state index contributed by atoms with van der Waals surface area (Å²) < 4.78 is 13.5. The molecule has 35 heavy (non-hydrogen) atoms. The van der Waals surface area contributed by atoms with Crippen LogP contribution in [-0.4, -0.2) is 44.6 Å². The minimum Gasteiger partial charge on any atom is -0.342 e. The monoisotopic (exact) mass is 465 g/mol. The van der Waals surface area contributed by atoms with Crippen LogP contribution < -0.4 is 0 Å². The molecule has 2 aromatic carbocycles. The van der Waals surface area contributed by atoms with Crippen LogP contribution in [0.3, 0.4) is 0 Å². The molecular weight excluding hydrogens is 441 g/mol. The predicted molar refractivity (Wildman–Crippen MR) is 134 cm³/mol. The third-order valence-electron chi connectivity index (χ3n) is 5.94. The number of hydrogen-bond acceptors (Lipinski definition) is 4. The summed E-state index contributed by atoms with van der Waals surface area (Å²) in [5.74, 6) is -0.346. The fraction of sp³-hybridized carbons (Fsp3) is 0.143. The molecule has 3 heterocycles. The Morgan fingerprint density at radius 2 is 1.83 bits per heavy atom. The Labute approximate surface area is 202 Å². The lowest BCUT2D eigenvalue weighted by molar-refractivity contribution is 0.0795. The lowest BCUT2D eigenvalue weighted by Gasteiger charge is -2.18. The second-order valence-electron chi connectivity index (χ2n) is 8.43. The predicted octanol–water partition coefficient (Wildman–Crippen LogP) is 5.53. The lowest BCUT2D eigenvalue weighted by Crippen LogP contribution is -2.28. The summed E-state index contributed by atoms with van der Waals surface area (Å²) in [6.07, 6.45) is 4.94. The van der Waals surface area contributed by atoms with Gasteiger partial charge in [-0.1, -0.05) is 30.3 Å². The molecule has 6 nitrogen and oxygen atoms in total. The average Bonchev–Trinajstić information content (AvgIpc) is 3.37. The number of fused-ring (bicyclic) bond motifs is 1. The van der Waals surface area contributed by atoms with Gasteiger partial charge in [0.2, 0.25) is 0 Å². The molecule has 0 aliphatic heterocycles. The fourth-order valence-electron chi connectivity index (χ4n) is 4.11. The number of carbonyl (C=O) groups excluding carboxylic acids is 1. The van der Waals surface area contributed by atoms with E-state index in [2.05, 4.69) is 15.2 Å². The largest absolute Gasteiger partial charge is 0.342 e. The van der Waals surface area contributed by atoms with Gasteiger partial charge in [0.05, 0.1) is 22.5 Å². The highest BCUT2D eigenvalue weighted by Crippen LogP contribution is 2.25. The molecule has 1 amide bonds. The van der Waals surface area contributed by atoms with E-state index in [1.807, 2.05) is 61.6 Å². The van der Waals surface area contributed by atoms with Crippen molar-refractivity contribution in [2.45, 2.75) is 12.8 Å². The number of nitrogens with zero attached hydrogens (tertiary/aromatic N) is 4. The molecule has 0 atom stereocenters. The summed E-state index contributed by atoms with van der Waals surface area (Å²) in [5, 5.41) is 8.14. The summed E-state index contributed by atoms with van der Waals surface area (Å²) in [6, 6.07) is 21.6. The van der Waals surface area contributed by atoms with Crippen LogP contribution in [0.1, 0.15) is 22.5 Å². The van der Waals surface area contributed by atoms with Crippen LogP contribution in [0.15, 0.2) is 85.2 Å². The number of aromatic amines is 1. The van der Waals surface area contributed by atoms with Crippen LogP contribution in [0.5, 0.6) is 0 Å². The maximum Gasteiger partial charge on any atom is 0.254 e. The number of rotatable bonds is 7. The zero-order valence-corrected chi connectivity index (χ0v) is 19.3. The van der Waals surface area contributed by atoms with Crippen molar-refractivity contribution in [1.82, 2.24) is 25.1 Å². The van der Waals surface area contributed by atoms with Gasteiger partial charge in [0.15, 0.2) is 0 Å². The third kappa shape index (κ3) is 4.94. The SMILES string of the molecule is CN(CCCc1cc(-c2cccc(F)c2)n[nH]1)C(=O)c1cc(-c2cccnc2)nc2ccccc12. The zero-order valence-electron chi connectivity index (χ0n) is 19.3. The van der Waals surface area contributed by atoms with E-state index in [1.165, 1.54) is 12.1 Å². The molecule has 0 radical (unpaired) electrons. The van der Waals surface area contributed by atoms with Crippen LogP contribution in [-0.2, 0) is 6.42 Å². The second-order valence-corrected chi connectivity index (χ2v) is 8.43. The van der Waals surface area contributed by atoms with E-state index in [9.17, 15) is 9.18 Å². The van der Waals surface area contributed by atoms with Gasteiger partial charge >= 0.3 is 0 Å². The first-order valence-electron chi connectivity index (χ1n) is 11.4. The number of H-pyrrole nitrogens is 1. The number of benzene rings is 2. The van der Waals surface area contributed by atoms with Gasteiger partial charge in [0.1, 0.15) is 5.82 Å². The minimum absolute atomic E-state index is 0.0567. The summed E-state index contributed by atoms with van der Waals surface area (Å²) in [4.78, 5) is 24.1. The van der Waals surface area contributed by atoms with Gasteiger partial charge in [-0.2, -0.15) is 5.10 Å². The Balaban J connectivity index is 1.30. The van der Waals surface area contributed by atoms with E-state index in [-0.39, 0.29) is 11.7 Å². The van der Waals surface area contributed by atoms with E-state index < -0.39 is 0 Å². The molecule has 174 valence electrons. The zero-order chi connectivity index (χ0) is 24.2. The lowest BCUT2D eigenvalue weighted by atomic mass is 10.0. The Kier molecular flexibility index (Phi) is 6.30. The second kappa shape index (κ2) is 9.85. The van der Waals surface area contributed by atoms with Gasteiger partial charge in [-0.05, 0) is 55.3 Å². The fourth-order valence-corrected chi connectivity index (χ4v) is 4.11. The minimum atomic E-state index is -0.289. The number of aryl methyl sites for hydroxylation is 1. The number of para-hydroxylation sites is 1. The normalized spacial score (nSPS) is 11.0. The number of hydrogen-bond donors (Lipinski definition) is 1. The number of carbonyl (C=O) groups is 1. The summed E-state index contributed by atoms with van der Waals surface area (Å²) >= 11 is 0. The molecule has 0 unspecified atom stereocenters. The van der Waals surface area contributed by atoms with Gasteiger partial charge in [-0.25, -0.2) is 9.37 Å². The van der Waals surface area contributed by atoms with Crippen molar-refractivity contribution in [2.75, 3.05) is 13.6 Å². The maximum atomic E-state index is 13.5. The van der Waals surface area contributed by atoms with Crippen molar-refractivity contribution in [2.24, 2.45) is 0 Å². The first kappa shape index (κ1) is 22.4. The number of nitrogens with one attached hydrogen (secondary N) is 1. The summed E-state index contributed by atoms with van der Waals surface area (Å²) in [7, 11) is 1.81. The Morgan fingerprint density at radius 1 is 0.971 bits per heavy atom. The Hall–Kier alpha value is -4.39. The van der Waals surface area contributed by atoms with E-state index in [4.69, 9.17) is 4.98 Å². The van der Waals surface area contributed by atoms with Crippen LogP contribution in [0.25, 0.3) is 33.4 Å². The molecule has 7 heteroatoms. The molecule has 0 saturated carbocycles. The van der Waals surface area contributed by atoms with E-state index in [1.54, 1.807) is 23.4 Å². The molecule has 0 aliphatic carbocycles. The van der Waals surface area contributed by atoms with Gasteiger partial charge < -0.3 is 4.90 Å². The molecule has 0 spiro atoms. The van der Waals surface area contributed by atoms with Gasteiger partial charge in [0.25, 0.3) is 5.91 Å². The van der Waals surface area contributed by atoms with E-state index >= 15 is 0 Å². The smallest absolute Gasteiger partial charge is 0.254 e. The van der Waals surface area contributed by atoms with Crippen molar-refractivity contribution in [1.29, 1.82) is 0 Å². The third-order valence-corrected chi connectivity index (χ3v) is 5.94. The van der Waals surface area contributed by atoms with Crippen LogP contribution in [0, 0.1) is 5.82 Å². The number of halogens is 1. The first-order valence-corrected chi connectivity index (χ1v) is 11.4. The number of amides is 1. The molecule has 3 aromatic heterocycles. The average molecular weight is 466 g/mol. The van der Waals surface area contributed by atoms with Gasteiger partial charge in [0, 0.05) is 48.2 Å². The summed E-state index contributed by atoms with van der Waals surface area (Å²) in [6.45, 7) is 0.575. The van der Waals surface area contributed by atoms with Crippen molar-refractivity contribution >= 4 is 16.8 Å². The first-order chi connectivity index (χ1) is 17.1. The standard InChI is InChI=1S/C28H24FN5O/c1-34(14-6-10-22-16-27(33-32-22)19-7-4-9-21(29)15-19)28(35)24-17-26(20-8-5-13-30-18-20)31-25-12-3-2-11-23(24)25/h2-5,7-9,11-13,15-18H,6,10,14H2,1H3,(H,32,33). The number of pyridine rings is 2. The van der Waals surface area contributed by atoms with Crippen LogP contribution in [0.2, 0.25) is 0 Å².